The molecule has 0 aromatic carbocycles. The zero-order valence-electron chi connectivity index (χ0n) is 14.2. The summed E-state index contributed by atoms with van der Waals surface area (Å²) >= 11 is 0. The third-order valence-corrected chi connectivity index (χ3v) is 3.64. The molecular weight excluding hydrogens is 262 g/mol. The van der Waals surface area contributed by atoms with E-state index in [4.69, 9.17) is 14.7 Å². The molecule has 0 bridgehead atoms. The largest absolute Gasteiger partial charge is 0.341 e. The highest BCUT2D eigenvalue weighted by Gasteiger charge is 2.06. The van der Waals surface area contributed by atoms with E-state index in [1.165, 1.54) is 64.2 Å². The molecule has 0 aliphatic rings. The summed E-state index contributed by atoms with van der Waals surface area (Å²) in [7, 11) is 0. The summed E-state index contributed by atoms with van der Waals surface area (Å²) in [5.41, 5.74) is 0. The van der Waals surface area contributed by atoms with Crippen LogP contribution in [0.1, 0.15) is 90.9 Å². The van der Waals surface area contributed by atoms with E-state index >= 15 is 0 Å². The van der Waals surface area contributed by atoms with Crippen LogP contribution in [0.15, 0.2) is 0 Å². The average molecular weight is 297 g/mol. The van der Waals surface area contributed by atoms with E-state index in [2.05, 4.69) is 19.9 Å². The van der Waals surface area contributed by atoms with Gasteiger partial charge in [-0.3, -0.25) is 0 Å². The molecule has 0 aromatic rings. The molecule has 0 aliphatic heterocycles. The Kier molecular flexibility index (Phi) is 17.0. The second kappa shape index (κ2) is 17.5. The first-order valence-corrected chi connectivity index (χ1v) is 8.98. The molecule has 0 atom stereocenters. The highest BCUT2D eigenvalue weighted by atomic mass is 16.7. The van der Waals surface area contributed by atoms with Gasteiger partial charge in [0.1, 0.15) is 6.07 Å². The minimum absolute atomic E-state index is 0.640. The van der Waals surface area contributed by atoms with E-state index in [-0.39, 0.29) is 0 Å². The fraction of sp³-hybridized carbons (Fsp3) is 0.944. The van der Waals surface area contributed by atoms with E-state index in [0.717, 1.165) is 12.8 Å². The van der Waals surface area contributed by atoms with Gasteiger partial charge in [0.25, 0.3) is 0 Å². The lowest BCUT2D eigenvalue weighted by molar-refractivity contribution is -0.107. The molecule has 124 valence electrons. The molecule has 0 rings (SSSR count). The molecular formula is C18H35NO2. The second-order valence-corrected chi connectivity index (χ2v) is 5.74. The van der Waals surface area contributed by atoms with E-state index in [0.29, 0.717) is 13.2 Å². The minimum atomic E-state index is -0.670. The topological polar surface area (TPSA) is 42.2 Å². The van der Waals surface area contributed by atoms with Crippen molar-refractivity contribution in [2.75, 3.05) is 13.2 Å². The highest BCUT2D eigenvalue weighted by Crippen LogP contribution is 2.07. The quantitative estimate of drug-likeness (QED) is 0.275. The molecule has 0 radical (unpaired) electrons. The lowest BCUT2D eigenvalue weighted by Gasteiger charge is -2.11. The van der Waals surface area contributed by atoms with Crippen LogP contribution >= 0.6 is 0 Å². The molecule has 21 heavy (non-hydrogen) atoms. The molecule has 0 N–H and O–H groups in total. The molecule has 0 unspecified atom stereocenters. The predicted octanol–water partition coefficient (Wildman–Crippen LogP) is 5.59. The molecule has 0 fully saturated rings. The van der Waals surface area contributed by atoms with Gasteiger partial charge < -0.3 is 9.47 Å². The van der Waals surface area contributed by atoms with Gasteiger partial charge >= 0.3 is 0 Å². The fourth-order valence-electron chi connectivity index (χ4n) is 2.27. The van der Waals surface area contributed by atoms with Crippen LogP contribution < -0.4 is 0 Å². The molecule has 0 amide bonds. The van der Waals surface area contributed by atoms with Crippen molar-refractivity contribution >= 4 is 0 Å². The maximum atomic E-state index is 8.97. The first-order valence-electron chi connectivity index (χ1n) is 8.98. The number of ether oxygens (including phenoxy) is 2. The summed E-state index contributed by atoms with van der Waals surface area (Å²) in [4.78, 5) is 0. The molecule has 0 aromatic heterocycles. The van der Waals surface area contributed by atoms with Crippen molar-refractivity contribution in [3.05, 3.63) is 0 Å². The second-order valence-electron chi connectivity index (χ2n) is 5.74. The van der Waals surface area contributed by atoms with Gasteiger partial charge in [0.2, 0.25) is 6.29 Å². The maximum absolute atomic E-state index is 8.97. The minimum Gasteiger partial charge on any atom is -0.341 e. The van der Waals surface area contributed by atoms with Gasteiger partial charge in [-0.15, -0.1) is 0 Å². The number of rotatable bonds is 16. The molecule has 0 heterocycles. The summed E-state index contributed by atoms with van der Waals surface area (Å²) in [6, 6.07) is 2.08. The van der Waals surface area contributed by atoms with E-state index in [9.17, 15) is 0 Å². The molecule has 0 saturated heterocycles. The van der Waals surface area contributed by atoms with Crippen LogP contribution in [0.2, 0.25) is 0 Å². The van der Waals surface area contributed by atoms with Crippen molar-refractivity contribution < 1.29 is 9.47 Å². The lowest BCUT2D eigenvalue weighted by Crippen LogP contribution is -2.16. The maximum Gasteiger partial charge on any atom is 0.248 e. The number of nitriles is 1. The Bertz CT molecular complexity index is 220. The average Bonchev–Trinajstić information content (AvgIpc) is 2.51. The SMILES string of the molecule is CCCCCCCCOC(C#N)OCCCCCCCC. The van der Waals surface area contributed by atoms with Crippen LogP contribution in [-0.4, -0.2) is 19.5 Å². The molecule has 3 nitrogen and oxygen atoms in total. The Hall–Kier alpha value is -0.590. The van der Waals surface area contributed by atoms with Crippen LogP contribution in [0, 0.1) is 11.3 Å². The van der Waals surface area contributed by atoms with Crippen molar-refractivity contribution in [3.8, 4) is 6.07 Å². The number of unbranched alkanes of at least 4 members (excludes halogenated alkanes) is 10. The van der Waals surface area contributed by atoms with Crippen molar-refractivity contribution in [2.45, 2.75) is 97.2 Å². The van der Waals surface area contributed by atoms with Crippen LogP contribution in [-0.2, 0) is 9.47 Å². The highest BCUT2D eigenvalue weighted by molar-refractivity contribution is 4.75. The molecule has 0 saturated carbocycles. The number of hydrogen-bond acceptors (Lipinski definition) is 3. The smallest absolute Gasteiger partial charge is 0.248 e. The van der Waals surface area contributed by atoms with Crippen LogP contribution in [0.5, 0.6) is 0 Å². The summed E-state index contributed by atoms with van der Waals surface area (Å²) in [6.45, 7) is 5.73. The van der Waals surface area contributed by atoms with Gasteiger partial charge in [0.15, 0.2) is 0 Å². The van der Waals surface area contributed by atoms with Gasteiger partial charge in [-0.25, -0.2) is 0 Å². The van der Waals surface area contributed by atoms with Gasteiger partial charge in [-0.05, 0) is 12.8 Å². The van der Waals surface area contributed by atoms with Gasteiger partial charge in [-0.1, -0.05) is 78.1 Å². The van der Waals surface area contributed by atoms with Gasteiger partial charge in [0, 0.05) is 0 Å². The third-order valence-electron chi connectivity index (χ3n) is 3.64. The standard InChI is InChI=1S/C18H35NO2/c1-3-5-7-9-11-13-15-20-18(17-19)21-16-14-12-10-8-6-4-2/h18H,3-16H2,1-2H3. The van der Waals surface area contributed by atoms with Crippen molar-refractivity contribution in [1.29, 1.82) is 5.26 Å². The Balaban J connectivity index is 3.32. The van der Waals surface area contributed by atoms with Crippen molar-refractivity contribution in [1.82, 2.24) is 0 Å². The molecule has 0 spiro atoms. The fourth-order valence-corrected chi connectivity index (χ4v) is 2.27. The van der Waals surface area contributed by atoms with Crippen LogP contribution in [0.4, 0.5) is 0 Å². The normalized spacial score (nSPS) is 11.0. The Morgan fingerprint density at radius 1 is 0.667 bits per heavy atom. The monoisotopic (exact) mass is 297 g/mol. The predicted molar refractivity (Wildman–Crippen MR) is 88.1 cm³/mol. The van der Waals surface area contributed by atoms with Crippen LogP contribution in [0.3, 0.4) is 0 Å². The summed E-state index contributed by atoms with van der Waals surface area (Å²) < 4.78 is 10.9. The first-order chi connectivity index (χ1) is 10.3. The summed E-state index contributed by atoms with van der Waals surface area (Å²) in [5, 5.41) is 8.97. The van der Waals surface area contributed by atoms with Crippen molar-refractivity contribution in [2.24, 2.45) is 0 Å². The Morgan fingerprint density at radius 2 is 1.05 bits per heavy atom. The third kappa shape index (κ3) is 15.6. The zero-order chi connectivity index (χ0) is 15.6. The lowest BCUT2D eigenvalue weighted by atomic mass is 10.1. The number of hydrogen-bond donors (Lipinski definition) is 0. The van der Waals surface area contributed by atoms with E-state index < -0.39 is 6.29 Å². The first kappa shape index (κ1) is 20.4. The zero-order valence-corrected chi connectivity index (χ0v) is 14.2. The van der Waals surface area contributed by atoms with Gasteiger partial charge in [0.05, 0.1) is 13.2 Å². The summed E-state index contributed by atoms with van der Waals surface area (Å²) in [6.07, 6.45) is 14.1. The van der Waals surface area contributed by atoms with Crippen LogP contribution in [0.25, 0.3) is 0 Å². The Labute approximate surface area is 132 Å². The van der Waals surface area contributed by atoms with E-state index in [1.807, 2.05) is 0 Å². The van der Waals surface area contributed by atoms with Crippen molar-refractivity contribution in [3.63, 3.8) is 0 Å². The summed E-state index contributed by atoms with van der Waals surface area (Å²) in [5.74, 6) is 0. The molecule has 3 heteroatoms. The van der Waals surface area contributed by atoms with Gasteiger partial charge in [-0.2, -0.15) is 5.26 Å². The molecule has 0 aliphatic carbocycles. The number of nitrogens with zero attached hydrogens (tertiary/aromatic N) is 1. The Morgan fingerprint density at radius 3 is 1.43 bits per heavy atom. The van der Waals surface area contributed by atoms with E-state index in [1.54, 1.807) is 0 Å².